The zero-order valence-electron chi connectivity index (χ0n) is 17.2. The quantitative estimate of drug-likeness (QED) is 0.503. The van der Waals surface area contributed by atoms with Gasteiger partial charge in [-0.25, -0.2) is 4.98 Å². The number of hydrogen-bond donors (Lipinski definition) is 2. The van der Waals surface area contributed by atoms with Gasteiger partial charge in [-0.2, -0.15) is 13.2 Å². The number of phenols is 1. The summed E-state index contributed by atoms with van der Waals surface area (Å²) in [6.45, 7) is 2.17. The van der Waals surface area contributed by atoms with Crippen molar-refractivity contribution in [2.75, 3.05) is 13.1 Å². The Balaban J connectivity index is 1.61. The molecule has 5 rings (SSSR count). The molecule has 7 nitrogen and oxygen atoms in total. The summed E-state index contributed by atoms with van der Waals surface area (Å²) in [5, 5.41) is 19.1. The average molecular weight is 442 g/mol. The normalized spacial score (nSPS) is 20.9. The van der Waals surface area contributed by atoms with Crippen LogP contribution < -0.4 is 5.73 Å². The molecule has 4 aromatic rings. The van der Waals surface area contributed by atoms with E-state index in [1.165, 1.54) is 33.7 Å². The minimum atomic E-state index is -4.48. The van der Waals surface area contributed by atoms with Crippen molar-refractivity contribution in [3.05, 3.63) is 54.2 Å². The maximum Gasteiger partial charge on any atom is 0.408 e. The molecule has 1 aliphatic rings. The Morgan fingerprint density at radius 3 is 2.66 bits per heavy atom. The molecule has 1 aliphatic heterocycles. The number of aromatic nitrogens is 4. The van der Waals surface area contributed by atoms with Gasteiger partial charge in [0.05, 0.1) is 0 Å². The van der Waals surface area contributed by atoms with Gasteiger partial charge < -0.3 is 10.8 Å². The highest BCUT2D eigenvalue weighted by atomic mass is 19.4. The van der Waals surface area contributed by atoms with Crippen molar-refractivity contribution >= 4 is 16.6 Å². The Hall–Kier alpha value is -3.24. The van der Waals surface area contributed by atoms with Gasteiger partial charge in [-0.1, -0.05) is 24.3 Å². The lowest BCUT2D eigenvalue weighted by Crippen LogP contribution is -2.43. The van der Waals surface area contributed by atoms with Crippen molar-refractivity contribution in [2.45, 2.75) is 31.1 Å². The lowest BCUT2D eigenvalue weighted by molar-refractivity contribution is -0.184. The van der Waals surface area contributed by atoms with Gasteiger partial charge in [-0.05, 0) is 37.1 Å². The van der Waals surface area contributed by atoms with Crippen molar-refractivity contribution in [3.63, 3.8) is 0 Å². The van der Waals surface area contributed by atoms with Gasteiger partial charge in [0.2, 0.25) is 0 Å². The minimum absolute atomic E-state index is 0.00913. The number of benzene rings is 1. The van der Waals surface area contributed by atoms with Crippen LogP contribution in [0.2, 0.25) is 0 Å². The Morgan fingerprint density at radius 2 is 1.94 bits per heavy atom. The molecule has 0 spiro atoms. The van der Waals surface area contributed by atoms with Gasteiger partial charge in [0.25, 0.3) is 0 Å². The smallest absolute Gasteiger partial charge is 0.408 e. The van der Waals surface area contributed by atoms with Crippen molar-refractivity contribution < 1.29 is 18.3 Å². The molecule has 1 fully saturated rings. The summed E-state index contributed by atoms with van der Waals surface area (Å²) in [4.78, 5) is 5.84. The molecule has 166 valence electrons. The molecule has 1 saturated heterocycles. The molecule has 10 heteroatoms. The van der Waals surface area contributed by atoms with Crippen LogP contribution in [0.25, 0.3) is 28.1 Å². The second kappa shape index (κ2) is 7.14. The zero-order chi connectivity index (χ0) is 22.7. The van der Waals surface area contributed by atoms with Crippen LogP contribution in [-0.4, -0.2) is 54.4 Å². The summed E-state index contributed by atoms with van der Waals surface area (Å²) < 4.78 is 43.8. The lowest BCUT2D eigenvalue weighted by atomic mass is 10.0. The van der Waals surface area contributed by atoms with E-state index >= 15 is 0 Å². The number of aromatic hydroxyl groups is 1. The first-order chi connectivity index (χ1) is 15.1. The lowest BCUT2D eigenvalue weighted by Gasteiger charge is -2.31. The summed E-state index contributed by atoms with van der Waals surface area (Å²) >= 11 is 0. The first kappa shape index (κ1) is 20.7. The number of nitrogens with zero attached hydrogens (tertiary/aromatic N) is 5. The van der Waals surface area contributed by atoms with E-state index in [0.717, 1.165) is 5.39 Å². The maximum atomic E-state index is 14.1. The fourth-order valence-corrected chi connectivity index (χ4v) is 4.35. The maximum absolute atomic E-state index is 14.1. The van der Waals surface area contributed by atoms with E-state index < -0.39 is 17.8 Å². The number of halogens is 3. The Labute approximate surface area is 181 Å². The number of hydrogen-bond acceptors (Lipinski definition) is 6. The van der Waals surface area contributed by atoms with Gasteiger partial charge in [0, 0.05) is 30.2 Å². The van der Waals surface area contributed by atoms with Crippen molar-refractivity contribution in [1.29, 1.82) is 0 Å². The first-order valence-corrected chi connectivity index (χ1v) is 10.2. The minimum Gasteiger partial charge on any atom is -0.506 e. The molecule has 1 aromatic carbocycles. The number of fused-ring (bicyclic) bond motifs is 2. The molecule has 3 aromatic heterocycles. The number of likely N-dealkylation sites (tertiary alicyclic amines) is 1. The van der Waals surface area contributed by atoms with Gasteiger partial charge in [-0.3, -0.25) is 9.30 Å². The summed E-state index contributed by atoms with van der Waals surface area (Å²) in [6, 6.07) is 9.66. The van der Waals surface area contributed by atoms with Crippen molar-refractivity contribution in [1.82, 2.24) is 24.5 Å². The van der Waals surface area contributed by atoms with E-state index in [2.05, 4.69) is 15.2 Å². The molecule has 0 bridgehead atoms. The van der Waals surface area contributed by atoms with E-state index in [4.69, 9.17) is 5.73 Å². The molecule has 0 amide bonds. The molecule has 0 saturated carbocycles. The summed E-state index contributed by atoms with van der Waals surface area (Å²) in [5.74, 6) is 0.299. The predicted octanol–water partition coefficient (Wildman–Crippen LogP) is 3.68. The molecule has 32 heavy (non-hydrogen) atoms. The van der Waals surface area contributed by atoms with E-state index in [9.17, 15) is 18.3 Å². The Kier molecular flexibility index (Phi) is 4.61. The van der Waals surface area contributed by atoms with Crippen LogP contribution in [0.5, 0.6) is 5.75 Å². The Bertz CT molecular complexity index is 1320. The predicted molar refractivity (Wildman–Crippen MR) is 113 cm³/mol. The highest BCUT2D eigenvalue weighted by Gasteiger charge is 2.48. The molecule has 2 unspecified atom stereocenters. The van der Waals surface area contributed by atoms with Crippen LogP contribution >= 0.6 is 0 Å². The number of pyridine rings is 2. The van der Waals surface area contributed by atoms with Gasteiger partial charge in [0.1, 0.15) is 23.0 Å². The molecular weight excluding hydrogens is 421 g/mol. The third-order valence-corrected chi connectivity index (χ3v) is 5.88. The second-order valence-electron chi connectivity index (χ2n) is 8.58. The molecular formula is C22H21F3N6O. The number of nitrogens with two attached hydrogens (primary N) is 1. The van der Waals surface area contributed by atoms with Crippen LogP contribution in [-0.2, 0) is 0 Å². The third-order valence-electron chi connectivity index (χ3n) is 5.88. The number of phenolic OH excluding ortho intramolecular Hbond substituents is 1. The fraction of sp³-hybridized carbons (Fsp3) is 0.318. The number of para-hydroxylation sites is 1. The van der Waals surface area contributed by atoms with Crippen LogP contribution in [0.4, 0.5) is 13.2 Å². The Morgan fingerprint density at radius 1 is 1.12 bits per heavy atom. The van der Waals surface area contributed by atoms with E-state index in [1.54, 1.807) is 31.2 Å². The summed E-state index contributed by atoms with van der Waals surface area (Å²) in [7, 11) is 0. The highest BCUT2D eigenvalue weighted by molar-refractivity contribution is 5.86. The highest BCUT2D eigenvalue weighted by Crippen LogP contribution is 2.41. The topological polar surface area (TPSA) is 92.6 Å². The first-order valence-electron chi connectivity index (χ1n) is 10.2. The fourth-order valence-electron chi connectivity index (χ4n) is 4.35. The molecule has 0 aliphatic carbocycles. The van der Waals surface area contributed by atoms with Crippen molar-refractivity contribution in [2.24, 2.45) is 5.73 Å². The molecule has 4 heterocycles. The van der Waals surface area contributed by atoms with E-state index in [1.807, 2.05) is 0 Å². The number of rotatable bonds is 3. The van der Waals surface area contributed by atoms with Gasteiger partial charge >= 0.3 is 6.18 Å². The largest absolute Gasteiger partial charge is 0.506 e. The van der Waals surface area contributed by atoms with Crippen molar-refractivity contribution in [3.8, 4) is 17.3 Å². The molecule has 0 radical (unpaired) electrons. The number of alkyl halides is 3. The SMILES string of the molecule is CC1(N)CCN(C(c2ccc3nnc(-c4ccc5cccc(O)c5n4)n3c2)C(F)(F)F)C1. The average Bonchev–Trinajstić information content (AvgIpc) is 3.30. The third kappa shape index (κ3) is 3.55. The van der Waals surface area contributed by atoms with Crippen LogP contribution in [0.1, 0.15) is 24.9 Å². The van der Waals surface area contributed by atoms with E-state index in [-0.39, 0.29) is 30.2 Å². The molecule has 2 atom stereocenters. The summed E-state index contributed by atoms with van der Waals surface area (Å²) in [6.07, 6.45) is -2.58. The molecule has 3 N–H and O–H groups in total. The van der Waals surface area contributed by atoms with Crippen LogP contribution in [0.3, 0.4) is 0 Å². The second-order valence-corrected chi connectivity index (χ2v) is 8.58. The monoisotopic (exact) mass is 442 g/mol. The van der Waals surface area contributed by atoms with E-state index in [0.29, 0.717) is 23.3 Å². The van der Waals surface area contributed by atoms with Gasteiger partial charge in [-0.15, -0.1) is 10.2 Å². The summed E-state index contributed by atoms with van der Waals surface area (Å²) in [5.41, 5.74) is 6.68. The van der Waals surface area contributed by atoms with Crippen LogP contribution in [0.15, 0.2) is 48.7 Å². The van der Waals surface area contributed by atoms with Crippen LogP contribution in [0, 0.1) is 0 Å². The van der Waals surface area contributed by atoms with Gasteiger partial charge in [0.15, 0.2) is 11.5 Å². The standard InChI is InChI=1S/C22H21F3N6O/c1-21(26)9-10-30(12-21)19(22(23,24)25)14-6-8-17-28-29-20(31(17)11-14)15-7-5-13-3-2-4-16(32)18(13)27-15/h2-8,11,19,32H,9-10,12,26H2,1H3. The zero-order valence-corrected chi connectivity index (χ0v) is 17.2.